The fourth-order valence-electron chi connectivity index (χ4n) is 0. The Hall–Kier alpha value is 1.50. The van der Waals surface area contributed by atoms with E-state index in [0.717, 1.165) is 0 Å². The van der Waals surface area contributed by atoms with Crippen molar-refractivity contribution in [2.24, 2.45) is 0 Å². The van der Waals surface area contributed by atoms with Crippen molar-refractivity contribution in [3.63, 3.8) is 0 Å². The molecule has 68 valence electrons. The van der Waals surface area contributed by atoms with Crippen LogP contribution in [-0.4, -0.2) is 25.7 Å². The minimum absolute atomic E-state index is 0. The van der Waals surface area contributed by atoms with Crippen LogP contribution in [-0.2, 0) is 65.6 Å². The second-order valence-electron chi connectivity index (χ2n) is 0.565. The third kappa shape index (κ3) is 460. The third-order valence-corrected chi connectivity index (χ3v) is 0. The van der Waals surface area contributed by atoms with Gasteiger partial charge < -0.3 is 11.0 Å². The van der Waals surface area contributed by atoms with Crippen molar-refractivity contribution in [1.82, 2.24) is 0 Å². The van der Waals surface area contributed by atoms with Crippen molar-refractivity contribution < 1.29 is 91.3 Å². The van der Waals surface area contributed by atoms with Gasteiger partial charge in [-0.25, -0.2) is 0 Å². The Bertz CT molecular complexity index is 67.3. The number of hydrogen-bond acceptors (Lipinski definition) is 2. The molecule has 0 aliphatic heterocycles. The molecule has 11 heavy (non-hydrogen) atoms. The van der Waals surface area contributed by atoms with Crippen molar-refractivity contribution >= 4 is 0 Å². The molecule has 0 rings (SSSR count). The van der Waals surface area contributed by atoms with Crippen LogP contribution in [0.4, 0.5) is 0 Å². The van der Waals surface area contributed by atoms with Crippen molar-refractivity contribution in [3.05, 3.63) is 0 Å². The topological polar surface area (TPSA) is 178 Å². The third-order valence-electron chi connectivity index (χ3n) is 0. The molecule has 8 N–H and O–H groups in total. The molecule has 0 bridgehead atoms. The van der Waals surface area contributed by atoms with Gasteiger partial charge in [-0.05, 0) is 0 Å². The van der Waals surface area contributed by atoms with E-state index in [1.807, 2.05) is 0 Å². The molecular weight excluding hydrogens is 272 g/mol. The van der Waals surface area contributed by atoms with E-state index in [-0.39, 0.29) is 32.7 Å². The van der Waals surface area contributed by atoms with Crippen LogP contribution in [0.3, 0.4) is 0 Å². The first kappa shape index (κ1) is 29.4. The summed E-state index contributed by atoms with van der Waals surface area (Å²) in [7, 11) is 0. The standard InChI is InChI=1S/6H2O.2O.3Ti/h6*1H2;;;;;/q;;;;;;;;;2*+2/p-4. The normalized spacial score (nSPS) is 4.73. The van der Waals surface area contributed by atoms with Crippen LogP contribution in [0, 0.1) is 0 Å². The zero-order chi connectivity index (χ0) is 7.15. The van der Waals surface area contributed by atoms with Gasteiger partial charge in [-0.15, -0.1) is 0 Å². The average molecular weight is 280 g/mol. The fourth-order valence-corrected chi connectivity index (χ4v) is 0. The van der Waals surface area contributed by atoms with Gasteiger partial charge in [0.2, 0.25) is 0 Å². The van der Waals surface area contributed by atoms with Crippen LogP contribution in [0.5, 0.6) is 0 Å². The zero-order valence-corrected chi connectivity index (χ0v) is 9.79. The Morgan fingerprint density at radius 1 is 0.727 bits per heavy atom. The van der Waals surface area contributed by atoms with E-state index in [2.05, 4.69) is 0 Å². The summed E-state index contributed by atoms with van der Waals surface area (Å²) >= 11 is -7.17. The summed E-state index contributed by atoms with van der Waals surface area (Å²) in [4.78, 5) is 0. The van der Waals surface area contributed by atoms with Crippen LogP contribution >= 0.6 is 0 Å². The van der Waals surface area contributed by atoms with Crippen LogP contribution in [0.25, 0.3) is 0 Å². The smallest absolute Gasteiger partial charge is 0 e. The van der Waals surface area contributed by atoms with Gasteiger partial charge in [0.15, 0.2) is 0 Å². The van der Waals surface area contributed by atoms with Crippen LogP contribution in [0.2, 0.25) is 0 Å². The maximum absolute atomic E-state index is 8.81. The van der Waals surface area contributed by atoms with E-state index in [4.69, 9.17) is 21.4 Å². The summed E-state index contributed by atoms with van der Waals surface area (Å²) < 4.78 is 46.5. The second kappa shape index (κ2) is 22.5. The molecule has 0 atom stereocenters. The van der Waals surface area contributed by atoms with E-state index < -0.39 is 37.2 Å². The number of rotatable bonds is 0. The van der Waals surface area contributed by atoms with Gasteiger partial charge in [-0.1, -0.05) is 0 Å². The van der Waals surface area contributed by atoms with Gasteiger partial charge in [-0.3, -0.25) is 0 Å². The average Bonchev–Trinajstić information content (AvgIpc) is 1.25. The maximum Gasteiger partial charge on any atom is 0 e. The molecule has 0 aliphatic carbocycles. The molecule has 0 unspecified atom stereocenters. The van der Waals surface area contributed by atoms with E-state index >= 15 is 0 Å². The molecule has 0 aromatic carbocycles. The molecule has 0 radical (unpaired) electrons. The predicted octanol–water partition coefficient (Wildman–Crippen LogP) is -4.12. The summed E-state index contributed by atoms with van der Waals surface area (Å²) in [5.41, 5.74) is 0. The number of hydrogen-bond donors (Lipinski definition) is 4. The molecule has 0 saturated carbocycles. The SMILES string of the molecule is O.O.[O]=[Ti]([OH])[OH].[O]=[Ti]([OH])[OH].[Ti]. The minimum Gasteiger partial charge on any atom is 0 e. The monoisotopic (exact) mass is 280 g/mol. The predicted molar refractivity (Wildman–Crippen MR) is 17.5 cm³/mol. The van der Waals surface area contributed by atoms with Crippen LogP contribution in [0.15, 0.2) is 0 Å². The molecular formula is H8O8Ti3. The van der Waals surface area contributed by atoms with Gasteiger partial charge in [0, 0.05) is 21.7 Å². The first-order chi connectivity index (χ1) is 3.46. The molecule has 0 saturated heterocycles. The maximum atomic E-state index is 8.81. The molecule has 0 fully saturated rings. The molecule has 0 heterocycles. The van der Waals surface area contributed by atoms with Crippen LogP contribution < -0.4 is 0 Å². The van der Waals surface area contributed by atoms with Crippen LogP contribution in [0.1, 0.15) is 0 Å². The molecule has 11 heteroatoms. The minimum atomic E-state index is -3.58. The first-order valence-corrected chi connectivity index (χ1v) is 5.37. The molecule has 0 aromatic rings. The summed E-state index contributed by atoms with van der Waals surface area (Å²) in [6, 6.07) is 0. The molecule has 0 aliphatic rings. The van der Waals surface area contributed by atoms with E-state index in [1.54, 1.807) is 0 Å². The van der Waals surface area contributed by atoms with Crippen molar-refractivity contribution in [2.75, 3.05) is 0 Å². The van der Waals surface area contributed by atoms with Gasteiger partial charge in [-0.2, -0.15) is 0 Å². The second-order valence-corrected chi connectivity index (χ2v) is 2.33. The largest absolute Gasteiger partial charge is 0 e. The Kier molecular flexibility index (Phi) is 60.2. The molecule has 0 amide bonds. The van der Waals surface area contributed by atoms with Crippen molar-refractivity contribution in [1.29, 1.82) is 0 Å². The van der Waals surface area contributed by atoms with E-state index in [0.29, 0.717) is 0 Å². The fraction of sp³-hybridized carbons (Fsp3) is 0. The zero-order valence-electron chi connectivity index (χ0n) is 5.11. The van der Waals surface area contributed by atoms with Gasteiger partial charge in [0.25, 0.3) is 0 Å². The van der Waals surface area contributed by atoms with Crippen molar-refractivity contribution in [2.45, 2.75) is 0 Å². The first-order valence-electron chi connectivity index (χ1n) is 1.30. The Balaban J connectivity index is -0.0000000171. The van der Waals surface area contributed by atoms with E-state index in [9.17, 15) is 0 Å². The molecule has 0 spiro atoms. The molecule has 8 nitrogen and oxygen atoms in total. The Morgan fingerprint density at radius 3 is 0.727 bits per heavy atom. The van der Waals surface area contributed by atoms with Gasteiger partial charge in [0.1, 0.15) is 0 Å². The summed E-state index contributed by atoms with van der Waals surface area (Å²) in [6.07, 6.45) is 0. The van der Waals surface area contributed by atoms with Crippen molar-refractivity contribution in [3.8, 4) is 0 Å². The summed E-state index contributed by atoms with van der Waals surface area (Å²) in [5.74, 6) is 0. The Labute approximate surface area is 90.6 Å². The quantitative estimate of drug-likeness (QED) is 0.327. The summed E-state index contributed by atoms with van der Waals surface area (Å²) in [5, 5.41) is 0. The van der Waals surface area contributed by atoms with E-state index in [1.165, 1.54) is 0 Å². The Morgan fingerprint density at radius 2 is 0.727 bits per heavy atom. The molecule has 0 aromatic heterocycles. The summed E-state index contributed by atoms with van der Waals surface area (Å²) in [6.45, 7) is 0. The van der Waals surface area contributed by atoms with Gasteiger partial charge in [0.05, 0.1) is 0 Å². The van der Waals surface area contributed by atoms with Gasteiger partial charge >= 0.3 is 58.6 Å².